The van der Waals surface area contributed by atoms with Crippen molar-refractivity contribution >= 4 is 25.5 Å². The summed E-state index contributed by atoms with van der Waals surface area (Å²) in [6.07, 6.45) is -3.65. The molecule has 0 radical (unpaired) electrons. The van der Waals surface area contributed by atoms with E-state index in [1.54, 1.807) is 6.34 Å². The number of aromatic hydroxyl groups is 1. The summed E-state index contributed by atoms with van der Waals surface area (Å²) < 4.78 is 25.5. The van der Waals surface area contributed by atoms with E-state index >= 15 is 0 Å². The number of hydrogen-bond acceptors (Lipinski definition) is 11. The Balaban J connectivity index is 1.45. The highest BCUT2D eigenvalue weighted by molar-refractivity contribution is 7.53. The smallest absolute Gasteiger partial charge is 0.335 e. The number of ketones is 1. The van der Waals surface area contributed by atoms with E-state index in [-0.39, 0.29) is 11.3 Å². The molecular formula is C24H36N6O8P+. The number of Topliss-reactive ketones (excluding diaryl/α,β-unsaturated/α-hetero) is 1. The molecule has 3 heterocycles. The van der Waals surface area contributed by atoms with Crippen LogP contribution in [0, 0.1) is 0 Å². The van der Waals surface area contributed by atoms with Crippen LogP contribution in [0.1, 0.15) is 49.2 Å². The van der Waals surface area contributed by atoms with Crippen LogP contribution in [0.15, 0.2) is 35.6 Å². The number of fused-ring (bicyclic) bond motifs is 1. The molecule has 14 nitrogen and oxygen atoms in total. The van der Waals surface area contributed by atoms with Crippen LogP contribution in [-0.2, 0) is 13.8 Å². The lowest BCUT2D eigenvalue weighted by molar-refractivity contribution is -1.02. The summed E-state index contributed by atoms with van der Waals surface area (Å²) in [7, 11) is -4.47. The zero-order valence-electron chi connectivity index (χ0n) is 22.1. The number of rotatable bonds is 11. The molecule has 0 aliphatic carbocycles. The quantitative estimate of drug-likeness (QED) is 0.148. The average Bonchev–Trinajstić information content (AvgIpc) is 3.46. The number of quaternary nitrogens is 1. The van der Waals surface area contributed by atoms with Crippen molar-refractivity contribution < 1.29 is 43.4 Å². The maximum Gasteiger partial charge on any atom is 0.335 e. The first-order valence-corrected chi connectivity index (χ1v) is 14.5. The second kappa shape index (κ2) is 11.4. The lowest BCUT2D eigenvalue weighted by atomic mass is 10.1. The van der Waals surface area contributed by atoms with Crippen LogP contribution >= 0.6 is 7.60 Å². The third kappa shape index (κ3) is 5.52. The second-order valence-electron chi connectivity index (χ2n) is 9.55. The summed E-state index contributed by atoms with van der Waals surface area (Å²) in [5.41, 5.74) is 6.92. The lowest BCUT2D eigenvalue weighted by Gasteiger charge is -2.46. The van der Waals surface area contributed by atoms with E-state index in [1.807, 2.05) is 5.01 Å². The van der Waals surface area contributed by atoms with Crippen molar-refractivity contribution in [2.75, 3.05) is 32.4 Å². The molecule has 1 aromatic carbocycles. The number of phenolic OH excluding ortho intramolecular Hbond substituents is 1. The molecule has 1 fully saturated rings. The maximum atomic E-state index is 12.6. The minimum atomic E-state index is -4.47. The lowest BCUT2D eigenvalue weighted by Crippen LogP contribution is -2.62. The number of imidazole rings is 1. The van der Waals surface area contributed by atoms with Crippen molar-refractivity contribution in [2.24, 2.45) is 10.7 Å². The van der Waals surface area contributed by atoms with Gasteiger partial charge in [-0.3, -0.25) is 13.9 Å². The molecule has 2 aliphatic heterocycles. The molecule has 4 unspecified atom stereocenters. The molecule has 214 valence electrons. The van der Waals surface area contributed by atoms with Crippen LogP contribution in [-0.4, -0.2) is 102 Å². The van der Waals surface area contributed by atoms with E-state index < -0.39 is 56.9 Å². The van der Waals surface area contributed by atoms with E-state index in [1.165, 1.54) is 35.2 Å². The number of phenols is 1. The standard InChI is InChI=1S/C24H35N6O8P/c1-4-30(5-2,6-3)29-14-27-23-19(22(29)25)26-13-28(23)24-21(34)20(33)18(38-24)11-37-39(35,36)12-17(32)15-9-7-8-10-16(15)31/h7-10,13-14,18,20-22,24,33-34H,4-6,11-12,25H2,1-3H3,(H-,31,32,35,36)/p+1/t18-,20?,21?,22?,24-/m1/s1. The van der Waals surface area contributed by atoms with Gasteiger partial charge in [0.2, 0.25) is 0 Å². The van der Waals surface area contributed by atoms with E-state index in [9.17, 15) is 29.6 Å². The number of carbonyl (C=O) groups excluding carboxylic acids is 1. The zero-order chi connectivity index (χ0) is 28.5. The van der Waals surface area contributed by atoms with Gasteiger partial charge in [-0.25, -0.2) is 14.6 Å². The highest BCUT2D eigenvalue weighted by atomic mass is 31.2. The van der Waals surface area contributed by atoms with Gasteiger partial charge in [0.05, 0.1) is 38.1 Å². The van der Waals surface area contributed by atoms with Gasteiger partial charge < -0.3 is 35.2 Å². The van der Waals surface area contributed by atoms with Crippen LogP contribution < -0.4 is 5.73 Å². The highest BCUT2D eigenvalue weighted by Crippen LogP contribution is 2.45. The van der Waals surface area contributed by atoms with Gasteiger partial charge in [0.25, 0.3) is 0 Å². The second-order valence-corrected chi connectivity index (χ2v) is 11.4. The summed E-state index contributed by atoms with van der Waals surface area (Å²) in [6.45, 7) is 8.03. The predicted octanol–water partition coefficient (Wildman–Crippen LogP) is 1.02. The molecule has 2 aliphatic rings. The molecule has 0 amide bonds. The fourth-order valence-corrected chi connectivity index (χ4v) is 6.05. The number of aromatic nitrogens is 2. The Bertz CT molecular complexity index is 1260. The molecule has 0 saturated carbocycles. The molecule has 0 bridgehead atoms. The largest absolute Gasteiger partial charge is 0.507 e. The minimum absolute atomic E-state index is 0.113. The van der Waals surface area contributed by atoms with Crippen molar-refractivity contribution in [3.63, 3.8) is 0 Å². The Morgan fingerprint density at radius 1 is 1.18 bits per heavy atom. The Hall–Kier alpha value is -2.68. The minimum Gasteiger partial charge on any atom is -0.507 e. The summed E-state index contributed by atoms with van der Waals surface area (Å²) >= 11 is 0. The van der Waals surface area contributed by atoms with Gasteiger partial charge in [-0.1, -0.05) is 12.1 Å². The van der Waals surface area contributed by atoms with E-state index in [2.05, 4.69) is 30.7 Å². The van der Waals surface area contributed by atoms with Crippen LogP contribution in [0.2, 0.25) is 0 Å². The summed E-state index contributed by atoms with van der Waals surface area (Å²) in [5.74, 6) is -0.741. The topological polar surface area (TPSA) is 193 Å². The van der Waals surface area contributed by atoms with Crippen LogP contribution in [0.4, 0.5) is 5.82 Å². The predicted molar refractivity (Wildman–Crippen MR) is 140 cm³/mol. The normalized spacial score (nSPS) is 26.4. The zero-order valence-corrected chi connectivity index (χ0v) is 23.0. The maximum absolute atomic E-state index is 12.6. The molecule has 39 heavy (non-hydrogen) atoms. The van der Waals surface area contributed by atoms with Gasteiger partial charge in [-0.05, 0) is 32.9 Å². The molecule has 0 spiro atoms. The van der Waals surface area contributed by atoms with Gasteiger partial charge in [0, 0.05) is 0 Å². The van der Waals surface area contributed by atoms with Crippen molar-refractivity contribution in [2.45, 2.75) is 51.5 Å². The number of nitrogens with two attached hydrogens (primary N) is 1. The summed E-state index contributed by atoms with van der Waals surface area (Å²) in [5, 5.41) is 33.1. The third-order valence-corrected chi connectivity index (χ3v) is 8.75. The van der Waals surface area contributed by atoms with E-state index in [0.717, 1.165) is 19.6 Å². The van der Waals surface area contributed by atoms with Crippen LogP contribution in [0.5, 0.6) is 5.75 Å². The van der Waals surface area contributed by atoms with Gasteiger partial charge in [0.15, 0.2) is 24.0 Å². The molecule has 6 atom stereocenters. The van der Waals surface area contributed by atoms with Crippen LogP contribution in [0.25, 0.3) is 0 Å². The number of aliphatic hydroxyl groups excluding tert-OH is 2. The van der Waals surface area contributed by atoms with E-state index in [4.69, 9.17) is 15.0 Å². The highest BCUT2D eigenvalue weighted by Gasteiger charge is 2.47. The first-order valence-electron chi connectivity index (χ1n) is 12.8. The van der Waals surface area contributed by atoms with Gasteiger partial charge in [-0.2, -0.15) is 5.01 Å². The number of hydrogen-bond donors (Lipinski definition) is 5. The number of benzene rings is 1. The number of nitrogens with zero attached hydrogens (tertiary/aromatic N) is 5. The molecule has 1 aromatic heterocycles. The first-order chi connectivity index (χ1) is 18.5. The summed E-state index contributed by atoms with van der Waals surface area (Å²) in [6, 6.07) is 5.64. The van der Waals surface area contributed by atoms with Gasteiger partial charge >= 0.3 is 7.60 Å². The Morgan fingerprint density at radius 2 is 1.85 bits per heavy atom. The van der Waals surface area contributed by atoms with Crippen molar-refractivity contribution in [3.8, 4) is 5.75 Å². The SMILES string of the molecule is CC[N+](CC)(CC)N1C=Nc2c(ncn2[C@@H]2O[C@H](COP(=O)(O)CC(=O)c3ccccc3O)C(O)C2O)C1N. The molecule has 2 aromatic rings. The molecule has 1 saturated heterocycles. The molecular weight excluding hydrogens is 531 g/mol. The Labute approximate surface area is 226 Å². The monoisotopic (exact) mass is 567 g/mol. The van der Waals surface area contributed by atoms with Crippen molar-refractivity contribution in [3.05, 3.63) is 41.9 Å². The Kier molecular flexibility index (Phi) is 8.59. The van der Waals surface area contributed by atoms with E-state index in [0.29, 0.717) is 16.1 Å². The molecule has 4 rings (SSSR count). The number of aliphatic imine (C=N–C) groups is 1. The molecule has 15 heteroatoms. The first kappa shape index (κ1) is 29.3. The fourth-order valence-electron chi connectivity index (χ4n) is 5.05. The third-order valence-electron chi connectivity index (χ3n) is 7.51. The number of para-hydroxylation sites is 1. The number of ether oxygens (including phenoxy) is 1. The number of aliphatic hydroxyl groups is 2. The molecule has 6 N–H and O–H groups in total. The fraction of sp³-hybridized carbons (Fsp3) is 0.542. The van der Waals surface area contributed by atoms with Crippen molar-refractivity contribution in [1.29, 1.82) is 0 Å². The Morgan fingerprint density at radius 3 is 2.49 bits per heavy atom. The van der Waals surface area contributed by atoms with Gasteiger partial charge in [-0.15, -0.1) is 0 Å². The van der Waals surface area contributed by atoms with Gasteiger partial charge in [0.1, 0.15) is 42.3 Å². The van der Waals surface area contributed by atoms with Crippen molar-refractivity contribution in [1.82, 2.24) is 14.6 Å². The summed E-state index contributed by atoms with van der Waals surface area (Å²) in [4.78, 5) is 31.5. The average molecular weight is 568 g/mol. The van der Waals surface area contributed by atoms with Crippen LogP contribution in [0.3, 0.4) is 0 Å². The number of carbonyl (C=O) groups is 1.